The molecule has 146 valence electrons. The van der Waals surface area contributed by atoms with Gasteiger partial charge in [-0.25, -0.2) is 4.79 Å². The van der Waals surface area contributed by atoms with Gasteiger partial charge in [0.25, 0.3) is 0 Å². The van der Waals surface area contributed by atoms with Gasteiger partial charge in [-0.15, -0.1) is 0 Å². The highest BCUT2D eigenvalue weighted by Crippen LogP contribution is 2.03. The van der Waals surface area contributed by atoms with E-state index in [9.17, 15) is 9.59 Å². The summed E-state index contributed by atoms with van der Waals surface area (Å²) >= 11 is 0. The Morgan fingerprint density at radius 3 is 2.07 bits per heavy atom. The lowest BCUT2D eigenvalue weighted by molar-refractivity contribution is -0.123. The monoisotopic (exact) mass is 371 g/mol. The largest absolute Gasteiger partial charge is 0.478 e. The number of rotatable bonds is 8. The molecular weight excluding hydrogens is 342 g/mol. The predicted molar refractivity (Wildman–Crippen MR) is 107 cm³/mol. The van der Waals surface area contributed by atoms with Crippen LogP contribution < -0.4 is 16.8 Å². The first kappa shape index (κ1) is 22.3. The highest BCUT2D eigenvalue weighted by atomic mass is 16.4. The van der Waals surface area contributed by atoms with E-state index in [4.69, 9.17) is 16.6 Å². The zero-order chi connectivity index (χ0) is 20.1. The second kappa shape index (κ2) is 12.6. The average molecular weight is 371 g/mol. The summed E-state index contributed by atoms with van der Waals surface area (Å²) in [6.45, 7) is 2.56. The van der Waals surface area contributed by atoms with Crippen molar-refractivity contribution in [2.24, 2.45) is 11.5 Å². The molecule has 0 heterocycles. The Morgan fingerprint density at radius 1 is 1.04 bits per heavy atom. The number of nitrogens with one attached hydrogen (secondary N) is 1. The van der Waals surface area contributed by atoms with Crippen molar-refractivity contribution in [1.29, 1.82) is 0 Å². The number of benzene rings is 2. The van der Waals surface area contributed by atoms with Gasteiger partial charge in [-0.05, 0) is 50.4 Å². The fourth-order valence-electron chi connectivity index (χ4n) is 2.42. The molecule has 27 heavy (non-hydrogen) atoms. The zero-order valence-electron chi connectivity index (χ0n) is 15.7. The van der Waals surface area contributed by atoms with Gasteiger partial charge in [0, 0.05) is 6.04 Å². The van der Waals surface area contributed by atoms with Gasteiger partial charge >= 0.3 is 5.97 Å². The van der Waals surface area contributed by atoms with Crippen LogP contribution in [0.3, 0.4) is 0 Å². The summed E-state index contributed by atoms with van der Waals surface area (Å²) in [6, 6.07) is 18.0. The van der Waals surface area contributed by atoms with Crippen molar-refractivity contribution in [3.8, 4) is 0 Å². The number of carboxylic acids is 1. The molecule has 0 radical (unpaired) electrons. The fraction of sp³-hybridized carbons (Fsp3) is 0.333. The van der Waals surface area contributed by atoms with Crippen LogP contribution in [-0.4, -0.2) is 35.6 Å². The maximum Gasteiger partial charge on any atom is 0.335 e. The first-order chi connectivity index (χ1) is 12.9. The van der Waals surface area contributed by atoms with Gasteiger partial charge in [-0.2, -0.15) is 0 Å². The summed E-state index contributed by atoms with van der Waals surface area (Å²) in [5, 5.41) is 11.3. The Hall–Kier alpha value is -2.70. The second-order valence-corrected chi connectivity index (χ2v) is 6.31. The van der Waals surface area contributed by atoms with Crippen LogP contribution in [0.15, 0.2) is 60.7 Å². The minimum Gasteiger partial charge on any atom is -0.478 e. The highest BCUT2D eigenvalue weighted by molar-refractivity contribution is 5.87. The van der Waals surface area contributed by atoms with Crippen molar-refractivity contribution < 1.29 is 14.7 Å². The second-order valence-electron chi connectivity index (χ2n) is 6.31. The number of nitrogens with two attached hydrogens (primary N) is 2. The average Bonchev–Trinajstić information content (AvgIpc) is 2.67. The van der Waals surface area contributed by atoms with Crippen molar-refractivity contribution in [2.75, 3.05) is 6.54 Å². The number of carbonyl (C=O) groups excluding carboxylic acids is 1. The van der Waals surface area contributed by atoms with E-state index in [1.54, 1.807) is 30.3 Å². The van der Waals surface area contributed by atoms with Gasteiger partial charge in [0.1, 0.15) is 0 Å². The summed E-state index contributed by atoms with van der Waals surface area (Å²) in [6.07, 6.45) is 2.23. The van der Waals surface area contributed by atoms with E-state index in [-0.39, 0.29) is 11.9 Å². The van der Waals surface area contributed by atoms with Crippen molar-refractivity contribution >= 4 is 11.9 Å². The van der Waals surface area contributed by atoms with Crippen LogP contribution in [0, 0.1) is 0 Å². The fourth-order valence-corrected chi connectivity index (χ4v) is 2.42. The van der Waals surface area contributed by atoms with Crippen molar-refractivity contribution in [1.82, 2.24) is 5.32 Å². The van der Waals surface area contributed by atoms with Crippen molar-refractivity contribution in [3.05, 3.63) is 71.8 Å². The topological polar surface area (TPSA) is 118 Å². The molecule has 2 rings (SSSR count). The predicted octanol–water partition coefficient (Wildman–Crippen LogP) is 2.18. The number of hydrogen-bond donors (Lipinski definition) is 4. The summed E-state index contributed by atoms with van der Waals surface area (Å²) in [5.41, 5.74) is 12.7. The molecule has 0 fully saturated rings. The van der Waals surface area contributed by atoms with Gasteiger partial charge in [-0.1, -0.05) is 48.5 Å². The maximum atomic E-state index is 11.8. The Labute approximate surface area is 160 Å². The Bertz CT molecular complexity index is 678. The molecular formula is C21H29N3O3. The van der Waals surface area contributed by atoms with Crippen LogP contribution in [-0.2, 0) is 11.2 Å². The molecule has 0 saturated carbocycles. The molecule has 0 spiro atoms. The quantitative estimate of drug-likeness (QED) is 0.567. The lowest BCUT2D eigenvalue weighted by Gasteiger charge is -2.17. The minimum atomic E-state index is -0.879. The van der Waals surface area contributed by atoms with Crippen molar-refractivity contribution in [3.63, 3.8) is 0 Å². The van der Waals surface area contributed by atoms with E-state index < -0.39 is 12.0 Å². The highest BCUT2D eigenvalue weighted by Gasteiger charge is 2.15. The molecule has 6 N–H and O–H groups in total. The summed E-state index contributed by atoms with van der Waals surface area (Å²) < 4.78 is 0. The van der Waals surface area contributed by atoms with Gasteiger partial charge in [0.05, 0.1) is 11.6 Å². The zero-order valence-corrected chi connectivity index (χ0v) is 15.7. The molecule has 6 nitrogen and oxygen atoms in total. The molecule has 0 aliphatic rings. The molecule has 0 saturated heterocycles. The lowest BCUT2D eigenvalue weighted by Crippen LogP contribution is -2.45. The van der Waals surface area contributed by atoms with E-state index in [0.717, 1.165) is 12.8 Å². The normalized spacial score (nSPS) is 12.3. The number of hydrogen-bond acceptors (Lipinski definition) is 4. The van der Waals surface area contributed by atoms with Crippen LogP contribution >= 0.6 is 0 Å². The van der Waals surface area contributed by atoms with Crippen LogP contribution in [0.4, 0.5) is 0 Å². The molecule has 0 aromatic heterocycles. The van der Waals surface area contributed by atoms with Crippen LogP contribution in [0.5, 0.6) is 0 Å². The van der Waals surface area contributed by atoms with Gasteiger partial charge in [0.2, 0.25) is 5.91 Å². The Morgan fingerprint density at radius 2 is 1.59 bits per heavy atom. The molecule has 6 heteroatoms. The van der Waals surface area contributed by atoms with E-state index in [0.29, 0.717) is 18.5 Å². The standard InChI is InChI=1S/C14H23N3O.C7H6O2/c1-11(10-12-6-3-2-4-7-12)17-14(18)13(16)8-5-9-15;8-7(9)6-4-2-1-3-5-6/h2-4,6-7,11,13H,5,8-10,15-16H2,1H3,(H,17,18);1-5H,(H,8,9)/t11-,13?;/m0./s1. The first-order valence-corrected chi connectivity index (χ1v) is 9.02. The minimum absolute atomic E-state index is 0.0869. The number of carbonyl (C=O) groups is 2. The molecule has 0 bridgehead atoms. The van der Waals surface area contributed by atoms with Crippen LogP contribution in [0.1, 0.15) is 35.7 Å². The molecule has 2 atom stereocenters. The van der Waals surface area contributed by atoms with Crippen LogP contribution in [0.2, 0.25) is 0 Å². The van der Waals surface area contributed by atoms with E-state index in [2.05, 4.69) is 17.4 Å². The molecule has 0 aliphatic carbocycles. The molecule has 0 aliphatic heterocycles. The third-order valence-electron chi connectivity index (χ3n) is 3.85. The maximum absolute atomic E-state index is 11.8. The summed E-state index contributed by atoms with van der Waals surface area (Å²) in [4.78, 5) is 22.0. The van der Waals surface area contributed by atoms with Crippen LogP contribution in [0.25, 0.3) is 0 Å². The third kappa shape index (κ3) is 9.53. The molecule has 1 amide bonds. The number of aromatic carboxylic acids is 1. The van der Waals surface area contributed by atoms with E-state index in [1.165, 1.54) is 5.56 Å². The lowest BCUT2D eigenvalue weighted by atomic mass is 10.1. The molecule has 2 aromatic rings. The van der Waals surface area contributed by atoms with Gasteiger partial charge in [0.15, 0.2) is 0 Å². The Balaban J connectivity index is 0.000000337. The summed E-state index contributed by atoms with van der Waals surface area (Å²) in [7, 11) is 0. The Kier molecular flexibility index (Phi) is 10.4. The van der Waals surface area contributed by atoms with Crippen molar-refractivity contribution in [2.45, 2.75) is 38.3 Å². The molecule has 2 aromatic carbocycles. The van der Waals surface area contributed by atoms with E-state index >= 15 is 0 Å². The summed E-state index contributed by atoms with van der Waals surface area (Å²) in [5.74, 6) is -0.970. The molecule has 1 unspecified atom stereocenters. The number of amides is 1. The van der Waals surface area contributed by atoms with E-state index in [1.807, 2.05) is 25.1 Å². The smallest absolute Gasteiger partial charge is 0.335 e. The number of carboxylic acid groups (broad SMARTS) is 1. The van der Waals surface area contributed by atoms with Gasteiger partial charge in [-0.3, -0.25) is 4.79 Å². The van der Waals surface area contributed by atoms with Gasteiger partial charge < -0.3 is 21.9 Å². The third-order valence-corrected chi connectivity index (χ3v) is 3.85. The first-order valence-electron chi connectivity index (χ1n) is 9.02. The SMILES string of the molecule is C[C@@H](Cc1ccccc1)NC(=O)C(N)CCCN.O=C(O)c1ccccc1.